The molecule has 0 aromatic heterocycles. The zero-order chi connectivity index (χ0) is 18.2. The molecule has 5 nitrogen and oxygen atoms in total. The lowest BCUT2D eigenvalue weighted by molar-refractivity contribution is -0.123. The van der Waals surface area contributed by atoms with E-state index in [0.29, 0.717) is 13.2 Å². The molecule has 1 N–H and O–H groups in total. The summed E-state index contributed by atoms with van der Waals surface area (Å²) in [5.41, 5.74) is 1.30. The molecule has 2 aliphatic heterocycles. The molecular formula is C21H33N3O2. The first kappa shape index (κ1) is 19.2. The predicted molar refractivity (Wildman–Crippen MR) is 104 cm³/mol. The van der Waals surface area contributed by atoms with Crippen LogP contribution in [0.1, 0.15) is 44.6 Å². The normalized spacial score (nSPS) is 20.0. The van der Waals surface area contributed by atoms with Crippen LogP contribution in [0.15, 0.2) is 24.3 Å². The van der Waals surface area contributed by atoms with Gasteiger partial charge in [-0.3, -0.25) is 14.6 Å². The minimum absolute atomic E-state index is 0.00882. The maximum Gasteiger partial charge on any atom is 0.234 e. The van der Waals surface area contributed by atoms with E-state index in [9.17, 15) is 4.79 Å². The highest BCUT2D eigenvalue weighted by Crippen LogP contribution is 2.17. The van der Waals surface area contributed by atoms with Crippen LogP contribution in [0.5, 0.6) is 5.75 Å². The van der Waals surface area contributed by atoms with E-state index in [1.54, 1.807) is 0 Å². The van der Waals surface area contributed by atoms with E-state index in [4.69, 9.17) is 4.74 Å². The third kappa shape index (κ3) is 6.29. The maximum absolute atomic E-state index is 12.2. The average molecular weight is 360 g/mol. The molecule has 0 saturated carbocycles. The Kier molecular flexibility index (Phi) is 7.32. The minimum Gasteiger partial charge on any atom is -0.491 e. The fraction of sp³-hybridized carbons (Fsp3) is 0.667. The number of hydrogen-bond acceptors (Lipinski definition) is 4. The number of nitrogens with one attached hydrogen (secondary N) is 1. The highest BCUT2D eigenvalue weighted by atomic mass is 16.5. The van der Waals surface area contributed by atoms with Gasteiger partial charge in [0, 0.05) is 6.54 Å². The van der Waals surface area contributed by atoms with Crippen molar-refractivity contribution in [2.75, 3.05) is 39.3 Å². The van der Waals surface area contributed by atoms with Crippen LogP contribution >= 0.6 is 0 Å². The van der Waals surface area contributed by atoms with Gasteiger partial charge in [0.05, 0.1) is 12.6 Å². The van der Waals surface area contributed by atoms with Crippen molar-refractivity contribution >= 4 is 5.91 Å². The second-order valence-electron chi connectivity index (χ2n) is 7.75. The Balaban J connectivity index is 1.39. The molecule has 1 amide bonds. The molecule has 3 rings (SSSR count). The summed E-state index contributed by atoms with van der Waals surface area (Å²) >= 11 is 0. The summed E-state index contributed by atoms with van der Waals surface area (Å²) in [5.74, 6) is 0.990. The number of rotatable bonds is 8. The lowest BCUT2D eigenvalue weighted by Gasteiger charge is -2.26. The van der Waals surface area contributed by atoms with Gasteiger partial charge in [-0.15, -0.1) is 0 Å². The van der Waals surface area contributed by atoms with Gasteiger partial charge < -0.3 is 10.1 Å². The van der Waals surface area contributed by atoms with Crippen LogP contribution in [0.2, 0.25) is 0 Å². The standard InChI is InChI=1S/C21H33N3O2/c1-18(22-21(25)16-24-10-3-2-4-11-24)17-26-20-9-7-8-19(14-20)15-23-12-5-6-13-23/h7-9,14,18H,2-6,10-13,15-17H2,1H3,(H,22,25). The van der Waals surface area contributed by atoms with Crippen LogP contribution in [0.25, 0.3) is 0 Å². The van der Waals surface area contributed by atoms with E-state index in [1.807, 2.05) is 13.0 Å². The summed E-state index contributed by atoms with van der Waals surface area (Å²) in [7, 11) is 0. The molecule has 0 radical (unpaired) electrons. The molecule has 0 aliphatic carbocycles. The van der Waals surface area contributed by atoms with Gasteiger partial charge in [-0.05, 0) is 76.5 Å². The fourth-order valence-corrected chi connectivity index (χ4v) is 3.84. The average Bonchev–Trinajstić information content (AvgIpc) is 3.14. The zero-order valence-corrected chi connectivity index (χ0v) is 16.1. The van der Waals surface area contributed by atoms with Crippen molar-refractivity contribution in [2.45, 2.75) is 51.6 Å². The van der Waals surface area contributed by atoms with Crippen molar-refractivity contribution in [3.05, 3.63) is 29.8 Å². The molecule has 2 fully saturated rings. The van der Waals surface area contributed by atoms with Gasteiger partial charge in [0.2, 0.25) is 5.91 Å². The first-order valence-electron chi connectivity index (χ1n) is 10.1. The van der Waals surface area contributed by atoms with Gasteiger partial charge in [-0.25, -0.2) is 0 Å². The molecule has 5 heteroatoms. The number of piperidine rings is 1. The van der Waals surface area contributed by atoms with Gasteiger partial charge in [0.15, 0.2) is 0 Å². The SMILES string of the molecule is CC(COc1cccc(CN2CCCC2)c1)NC(=O)CN1CCCCC1. The molecular weight excluding hydrogens is 326 g/mol. The van der Waals surface area contributed by atoms with Crippen molar-refractivity contribution < 1.29 is 9.53 Å². The number of nitrogens with zero attached hydrogens (tertiary/aromatic N) is 2. The summed E-state index contributed by atoms with van der Waals surface area (Å²) in [5, 5.41) is 3.06. The first-order valence-corrected chi connectivity index (χ1v) is 10.1. The Bertz CT molecular complexity index is 566. The summed E-state index contributed by atoms with van der Waals surface area (Å²) in [6.45, 7) is 8.50. The number of ether oxygens (including phenoxy) is 1. The van der Waals surface area contributed by atoms with Crippen LogP contribution in [0, 0.1) is 0 Å². The lowest BCUT2D eigenvalue weighted by atomic mass is 10.1. The second-order valence-corrected chi connectivity index (χ2v) is 7.75. The van der Waals surface area contributed by atoms with Gasteiger partial charge in [0.25, 0.3) is 0 Å². The Labute approximate surface area is 157 Å². The Hall–Kier alpha value is -1.59. The Morgan fingerprint density at radius 3 is 2.54 bits per heavy atom. The Morgan fingerprint density at radius 2 is 1.77 bits per heavy atom. The quantitative estimate of drug-likeness (QED) is 0.775. The van der Waals surface area contributed by atoms with Crippen molar-refractivity contribution in [1.82, 2.24) is 15.1 Å². The first-order chi connectivity index (χ1) is 12.7. The van der Waals surface area contributed by atoms with E-state index in [1.165, 1.54) is 50.8 Å². The number of likely N-dealkylation sites (tertiary alicyclic amines) is 2. The van der Waals surface area contributed by atoms with Crippen molar-refractivity contribution in [3.63, 3.8) is 0 Å². The highest BCUT2D eigenvalue weighted by Gasteiger charge is 2.16. The second kappa shape index (κ2) is 9.93. The summed E-state index contributed by atoms with van der Waals surface area (Å²) < 4.78 is 5.92. The number of carbonyl (C=O) groups is 1. The van der Waals surface area contributed by atoms with Gasteiger partial charge in [-0.1, -0.05) is 18.6 Å². The molecule has 2 saturated heterocycles. The molecule has 0 bridgehead atoms. The monoisotopic (exact) mass is 359 g/mol. The van der Waals surface area contributed by atoms with Crippen molar-refractivity contribution in [1.29, 1.82) is 0 Å². The molecule has 0 spiro atoms. The van der Waals surface area contributed by atoms with Crippen LogP contribution in [-0.4, -0.2) is 61.1 Å². The number of hydrogen-bond donors (Lipinski definition) is 1. The van der Waals surface area contributed by atoms with E-state index >= 15 is 0 Å². The number of amides is 1. The maximum atomic E-state index is 12.2. The van der Waals surface area contributed by atoms with Gasteiger partial charge in [-0.2, -0.15) is 0 Å². The minimum atomic E-state index is 0.00882. The highest BCUT2D eigenvalue weighted by molar-refractivity contribution is 5.78. The molecule has 1 aromatic rings. The van der Waals surface area contributed by atoms with E-state index in [-0.39, 0.29) is 11.9 Å². The van der Waals surface area contributed by atoms with Crippen LogP contribution in [0.4, 0.5) is 0 Å². The Morgan fingerprint density at radius 1 is 1.08 bits per heavy atom. The molecule has 2 heterocycles. The molecule has 1 aromatic carbocycles. The number of benzene rings is 1. The fourth-order valence-electron chi connectivity index (χ4n) is 3.84. The largest absolute Gasteiger partial charge is 0.491 e. The van der Waals surface area contributed by atoms with E-state index < -0.39 is 0 Å². The van der Waals surface area contributed by atoms with E-state index in [2.05, 4.69) is 33.3 Å². The number of carbonyl (C=O) groups excluding carboxylic acids is 1. The third-order valence-electron chi connectivity index (χ3n) is 5.23. The van der Waals surface area contributed by atoms with Crippen LogP contribution < -0.4 is 10.1 Å². The third-order valence-corrected chi connectivity index (χ3v) is 5.23. The van der Waals surface area contributed by atoms with Gasteiger partial charge >= 0.3 is 0 Å². The summed E-state index contributed by atoms with van der Waals surface area (Å²) in [6, 6.07) is 8.35. The zero-order valence-electron chi connectivity index (χ0n) is 16.1. The smallest absolute Gasteiger partial charge is 0.234 e. The van der Waals surface area contributed by atoms with Gasteiger partial charge in [0.1, 0.15) is 12.4 Å². The van der Waals surface area contributed by atoms with Crippen molar-refractivity contribution in [3.8, 4) is 5.75 Å². The summed E-state index contributed by atoms with van der Waals surface area (Å²) in [6.07, 6.45) is 6.33. The van der Waals surface area contributed by atoms with Crippen LogP contribution in [0.3, 0.4) is 0 Å². The molecule has 2 aliphatic rings. The molecule has 144 valence electrons. The predicted octanol–water partition coefficient (Wildman–Crippen LogP) is 2.65. The topological polar surface area (TPSA) is 44.8 Å². The molecule has 26 heavy (non-hydrogen) atoms. The van der Waals surface area contributed by atoms with Crippen LogP contribution in [-0.2, 0) is 11.3 Å². The van der Waals surface area contributed by atoms with E-state index in [0.717, 1.165) is 25.4 Å². The lowest BCUT2D eigenvalue weighted by Crippen LogP contribution is -2.44. The molecule has 1 unspecified atom stereocenters. The molecule has 1 atom stereocenters. The van der Waals surface area contributed by atoms with Crippen molar-refractivity contribution in [2.24, 2.45) is 0 Å². The summed E-state index contributed by atoms with van der Waals surface area (Å²) in [4.78, 5) is 16.9.